The Hall–Kier alpha value is -2.41. The average Bonchev–Trinajstić information content (AvgIpc) is 3.21. The summed E-state index contributed by atoms with van der Waals surface area (Å²) < 4.78 is 4.56. The number of hydrogen-bond acceptors (Lipinski definition) is 3. The largest absolute Gasteiger partial charge is 0.344 e. The van der Waals surface area contributed by atoms with Gasteiger partial charge < -0.3 is 5.32 Å². The Labute approximate surface area is 161 Å². The Balaban J connectivity index is 1.70. The first kappa shape index (κ1) is 18.4. The van der Waals surface area contributed by atoms with Crippen LogP contribution in [0.3, 0.4) is 0 Å². The van der Waals surface area contributed by atoms with Gasteiger partial charge in [-0.1, -0.05) is 37.3 Å². The van der Waals surface area contributed by atoms with Gasteiger partial charge in [0.1, 0.15) is 12.4 Å². The van der Waals surface area contributed by atoms with Gasteiger partial charge in [-0.15, -0.1) is 0 Å². The van der Waals surface area contributed by atoms with Crippen molar-refractivity contribution in [3.63, 3.8) is 0 Å². The van der Waals surface area contributed by atoms with E-state index in [9.17, 15) is 4.79 Å². The zero-order valence-electron chi connectivity index (χ0n) is 15.1. The third-order valence-electron chi connectivity index (χ3n) is 4.36. The van der Waals surface area contributed by atoms with Crippen molar-refractivity contribution in [2.75, 3.05) is 0 Å². The van der Waals surface area contributed by atoms with Gasteiger partial charge in [0, 0.05) is 6.20 Å². The van der Waals surface area contributed by atoms with Crippen molar-refractivity contribution < 1.29 is 4.79 Å². The molecule has 0 radical (unpaired) electrons. The third kappa shape index (κ3) is 3.88. The molecule has 3 rings (SSSR count). The van der Waals surface area contributed by atoms with Crippen LogP contribution in [-0.4, -0.2) is 25.5 Å². The summed E-state index contributed by atoms with van der Waals surface area (Å²) in [7, 11) is 0. The fourth-order valence-corrected chi connectivity index (χ4v) is 3.13. The standard InChI is InChI=1S/C19H22BrN5O/c1-4-16(15-8-6-5-7-9-15)21-19(26)17-10-11-24(23-17)12-25-14(3)18(20)13(2)22-25/h5-11,16H,4,12H2,1-3H3,(H,21,26). The molecule has 0 fully saturated rings. The van der Waals surface area contributed by atoms with Gasteiger partial charge in [-0.3, -0.25) is 9.48 Å². The second-order valence-electron chi connectivity index (χ2n) is 6.21. The van der Waals surface area contributed by atoms with Crippen molar-refractivity contribution in [1.29, 1.82) is 0 Å². The Morgan fingerprint density at radius 2 is 1.92 bits per heavy atom. The molecule has 136 valence electrons. The van der Waals surface area contributed by atoms with Crippen LogP contribution in [0.1, 0.15) is 46.8 Å². The molecule has 1 amide bonds. The number of hydrogen-bond donors (Lipinski definition) is 1. The Kier molecular flexibility index (Phi) is 5.56. The number of nitrogens with one attached hydrogen (secondary N) is 1. The molecule has 1 N–H and O–H groups in total. The molecule has 6 nitrogen and oxygen atoms in total. The summed E-state index contributed by atoms with van der Waals surface area (Å²) in [5.41, 5.74) is 3.45. The van der Waals surface area contributed by atoms with E-state index in [1.54, 1.807) is 16.9 Å². The first-order valence-electron chi connectivity index (χ1n) is 8.58. The quantitative estimate of drug-likeness (QED) is 0.664. The molecule has 0 bridgehead atoms. The number of amides is 1. The molecule has 3 aromatic rings. The van der Waals surface area contributed by atoms with E-state index in [0.717, 1.165) is 27.8 Å². The lowest BCUT2D eigenvalue weighted by molar-refractivity contribution is 0.0929. The Morgan fingerprint density at radius 3 is 2.54 bits per heavy atom. The maximum absolute atomic E-state index is 12.6. The molecule has 2 heterocycles. The lowest BCUT2D eigenvalue weighted by Crippen LogP contribution is -2.28. The van der Waals surface area contributed by atoms with Gasteiger partial charge in [0.25, 0.3) is 5.91 Å². The van der Waals surface area contributed by atoms with Gasteiger partial charge in [0.15, 0.2) is 0 Å². The second kappa shape index (κ2) is 7.86. The van der Waals surface area contributed by atoms with Crippen molar-refractivity contribution in [1.82, 2.24) is 24.9 Å². The first-order valence-corrected chi connectivity index (χ1v) is 9.37. The van der Waals surface area contributed by atoms with E-state index in [-0.39, 0.29) is 11.9 Å². The van der Waals surface area contributed by atoms with Crippen molar-refractivity contribution in [2.45, 2.75) is 39.9 Å². The summed E-state index contributed by atoms with van der Waals surface area (Å²) >= 11 is 3.52. The monoisotopic (exact) mass is 415 g/mol. The predicted molar refractivity (Wildman–Crippen MR) is 104 cm³/mol. The average molecular weight is 416 g/mol. The number of halogens is 1. The number of aromatic nitrogens is 4. The minimum Gasteiger partial charge on any atom is -0.344 e. The van der Waals surface area contributed by atoms with Gasteiger partial charge in [-0.05, 0) is 47.8 Å². The summed E-state index contributed by atoms with van der Waals surface area (Å²) in [6, 6.07) is 11.7. The van der Waals surface area contributed by atoms with Crippen molar-refractivity contribution in [3.05, 3.63) is 69.7 Å². The molecule has 0 aliphatic heterocycles. The lowest BCUT2D eigenvalue weighted by Gasteiger charge is -2.16. The van der Waals surface area contributed by atoms with Crippen LogP contribution in [0.4, 0.5) is 0 Å². The Morgan fingerprint density at radius 1 is 1.19 bits per heavy atom. The van der Waals surface area contributed by atoms with Crippen LogP contribution in [0.15, 0.2) is 47.1 Å². The van der Waals surface area contributed by atoms with E-state index in [0.29, 0.717) is 12.4 Å². The van der Waals surface area contributed by atoms with Crippen LogP contribution >= 0.6 is 15.9 Å². The molecule has 0 aliphatic carbocycles. The summed E-state index contributed by atoms with van der Waals surface area (Å²) in [5, 5.41) is 11.9. The molecule has 26 heavy (non-hydrogen) atoms. The van der Waals surface area contributed by atoms with Gasteiger partial charge >= 0.3 is 0 Å². The van der Waals surface area contributed by atoms with E-state index in [4.69, 9.17) is 0 Å². The molecule has 0 spiro atoms. The van der Waals surface area contributed by atoms with E-state index >= 15 is 0 Å². The fourth-order valence-electron chi connectivity index (χ4n) is 2.85. The number of carbonyl (C=O) groups is 1. The van der Waals surface area contributed by atoms with Crippen LogP contribution in [0.5, 0.6) is 0 Å². The molecule has 1 unspecified atom stereocenters. The van der Waals surface area contributed by atoms with Crippen molar-refractivity contribution in [2.24, 2.45) is 0 Å². The summed E-state index contributed by atoms with van der Waals surface area (Å²) in [6.07, 6.45) is 2.61. The predicted octanol–water partition coefficient (Wildman–Crippen LogP) is 3.85. The minimum absolute atomic E-state index is 0.0270. The van der Waals surface area contributed by atoms with Crippen LogP contribution in [0.2, 0.25) is 0 Å². The highest BCUT2D eigenvalue weighted by atomic mass is 79.9. The Bertz CT molecular complexity index is 900. The molecule has 0 saturated carbocycles. The lowest BCUT2D eigenvalue weighted by atomic mass is 10.0. The number of benzene rings is 1. The summed E-state index contributed by atoms with van der Waals surface area (Å²) in [5.74, 6) is -0.172. The molecule has 7 heteroatoms. The number of aryl methyl sites for hydroxylation is 1. The molecular weight excluding hydrogens is 394 g/mol. The van der Waals surface area contributed by atoms with E-state index in [2.05, 4.69) is 38.4 Å². The smallest absolute Gasteiger partial charge is 0.272 e. The molecule has 0 saturated heterocycles. The third-order valence-corrected chi connectivity index (χ3v) is 5.51. The zero-order chi connectivity index (χ0) is 18.7. The highest BCUT2D eigenvalue weighted by molar-refractivity contribution is 9.10. The SMILES string of the molecule is CCC(NC(=O)c1ccn(Cn2nc(C)c(Br)c2C)n1)c1ccccc1. The summed E-state index contributed by atoms with van der Waals surface area (Å²) in [4.78, 5) is 12.6. The topological polar surface area (TPSA) is 64.7 Å². The van der Waals surface area contributed by atoms with Crippen LogP contribution in [0.25, 0.3) is 0 Å². The van der Waals surface area contributed by atoms with Gasteiger partial charge in [0.2, 0.25) is 0 Å². The summed E-state index contributed by atoms with van der Waals surface area (Å²) in [6.45, 7) is 6.45. The minimum atomic E-state index is -0.172. The number of nitrogens with zero attached hydrogens (tertiary/aromatic N) is 4. The zero-order valence-corrected chi connectivity index (χ0v) is 16.7. The normalized spacial score (nSPS) is 12.2. The molecule has 1 atom stereocenters. The molecule has 0 aliphatic rings. The molecule has 2 aromatic heterocycles. The van der Waals surface area contributed by atoms with Crippen LogP contribution in [0, 0.1) is 13.8 Å². The van der Waals surface area contributed by atoms with Gasteiger partial charge in [-0.2, -0.15) is 10.2 Å². The second-order valence-corrected chi connectivity index (χ2v) is 7.00. The maximum atomic E-state index is 12.6. The number of rotatable bonds is 6. The van der Waals surface area contributed by atoms with Crippen LogP contribution < -0.4 is 5.32 Å². The van der Waals surface area contributed by atoms with E-state index in [1.807, 2.05) is 48.9 Å². The number of carbonyl (C=O) groups excluding carboxylic acids is 1. The van der Waals surface area contributed by atoms with E-state index < -0.39 is 0 Å². The highest BCUT2D eigenvalue weighted by Gasteiger charge is 2.16. The fraction of sp³-hybridized carbons (Fsp3) is 0.316. The van der Waals surface area contributed by atoms with E-state index in [1.165, 1.54) is 0 Å². The first-order chi connectivity index (χ1) is 12.5. The van der Waals surface area contributed by atoms with Crippen LogP contribution in [-0.2, 0) is 6.67 Å². The van der Waals surface area contributed by atoms with Gasteiger partial charge in [-0.25, -0.2) is 4.68 Å². The van der Waals surface area contributed by atoms with Crippen molar-refractivity contribution in [3.8, 4) is 0 Å². The maximum Gasteiger partial charge on any atom is 0.272 e. The molecule has 1 aromatic carbocycles. The van der Waals surface area contributed by atoms with Gasteiger partial charge in [0.05, 0.1) is 21.9 Å². The van der Waals surface area contributed by atoms with Crippen molar-refractivity contribution >= 4 is 21.8 Å². The molecular formula is C19H22BrN5O. The highest BCUT2D eigenvalue weighted by Crippen LogP contribution is 2.20.